The summed E-state index contributed by atoms with van der Waals surface area (Å²) in [6.45, 7) is 1.75. The molecule has 2 aromatic rings. The molecule has 0 saturated carbocycles. The van der Waals surface area contributed by atoms with Gasteiger partial charge >= 0.3 is 5.97 Å². The zero-order chi connectivity index (χ0) is 17.9. The number of carbonyl (C=O) groups is 1. The molecule has 0 aliphatic rings. The van der Waals surface area contributed by atoms with Crippen molar-refractivity contribution in [2.45, 2.75) is 11.8 Å². The number of halogens is 1. The van der Waals surface area contributed by atoms with Crippen molar-refractivity contribution in [3.63, 3.8) is 0 Å². The van der Waals surface area contributed by atoms with E-state index in [1.54, 1.807) is 25.1 Å². The third-order valence-electron chi connectivity index (χ3n) is 3.30. The average molecular weight is 370 g/mol. The smallest absolute Gasteiger partial charge is 0.343 e. The maximum absolute atomic E-state index is 12.3. The third-order valence-corrected chi connectivity index (χ3v) is 5.21. The molecule has 0 aromatic heterocycles. The highest BCUT2D eigenvalue weighted by molar-refractivity contribution is 7.89. The quantitative estimate of drug-likeness (QED) is 0.460. The Morgan fingerprint density at radius 1 is 1.17 bits per heavy atom. The number of aryl methyl sites for hydroxylation is 1. The Labute approximate surface area is 145 Å². The fraction of sp³-hybridized carbons (Fsp3) is 0.188. The summed E-state index contributed by atoms with van der Waals surface area (Å²) >= 11 is 5.86. The first-order chi connectivity index (χ1) is 11.3. The summed E-state index contributed by atoms with van der Waals surface area (Å²) in [6.07, 6.45) is 0. The van der Waals surface area contributed by atoms with Crippen LogP contribution in [0.4, 0.5) is 0 Å². The van der Waals surface area contributed by atoms with Crippen LogP contribution in [0, 0.1) is 6.92 Å². The summed E-state index contributed by atoms with van der Waals surface area (Å²) in [7, 11) is -1.35. The van der Waals surface area contributed by atoms with Gasteiger partial charge in [0, 0.05) is 12.1 Å². The molecule has 0 N–H and O–H groups in total. The van der Waals surface area contributed by atoms with E-state index in [1.165, 1.54) is 38.4 Å². The molecule has 24 heavy (non-hydrogen) atoms. The molecular formula is C16H16ClNO5S. The van der Waals surface area contributed by atoms with Gasteiger partial charge in [-0.05, 0) is 48.9 Å². The summed E-state index contributed by atoms with van der Waals surface area (Å²) < 4.78 is 30.5. The largest absolute Gasteiger partial charge is 0.423 e. The number of benzene rings is 2. The standard InChI is InChI=1S/C16H16ClNO5S/c1-11-9-13(17)7-8-15(11)23-16(19)12-5-4-6-14(10-12)24(20,21)18(2)22-3/h4-10H,1-3H3. The van der Waals surface area contributed by atoms with Gasteiger partial charge in [0.1, 0.15) is 5.75 Å². The van der Waals surface area contributed by atoms with Gasteiger partial charge in [0.2, 0.25) is 0 Å². The molecule has 0 bridgehead atoms. The summed E-state index contributed by atoms with van der Waals surface area (Å²) in [6, 6.07) is 10.4. The molecule has 0 saturated heterocycles. The fourth-order valence-corrected chi connectivity index (χ4v) is 3.16. The van der Waals surface area contributed by atoms with Gasteiger partial charge in [0.15, 0.2) is 0 Å². The van der Waals surface area contributed by atoms with Crippen LogP contribution in [-0.2, 0) is 14.9 Å². The Morgan fingerprint density at radius 3 is 2.50 bits per heavy atom. The summed E-state index contributed by atoms with van der Waals surface area (Å²) in [4.78, 5) is 16.9. The Morgan fingerprint density at radius 2 is 1.88 bits per heavy atom. The number of hydrogen-bond donors (Lipinski definition) is 0. The summed E-state index contributed by atoms with van der Waals surface area (Å²) in [5.41, 5.74) is 0.800. The van der Waals surface area contributed by atoms with E-state index in [4.69, 9.17) is 21.2 Å². The SMILES string of the molecule is CON(C)S(=O)(=O)c1cccc(C(=O)Oc2ccc(Cl)cc2C)c1. The molecule has 0 aliphatic heterocycles. The minimum Gasteiger partial charge on any atom is -0.423 e. The Hall–Kier alpha value is -1.93. The van der Waals surface area contributed by atoms with Gasteiger partial charge < -0.3 is 4.74 Å². The predicted octanol–water partition coefficient (Wildman–Crippen LogP) is 3.05. The van der Waals surface area contributed by atoms with Crippen molar-refractivity contribution in [2.24, 2.45) is 0 Å². The van der Waals surface area contributed by atoms with E-state index in [0.29, 0.717) is 20.8 Å². The molecule has 2 rings (SSSR count). The van der Waals surface area contributed by atoms with Gasteiger partial charge in [0.05, 0.1) is 17.6 Å². The minimum absolute atomic E-state index is 0.0749. The molecule has 6 nitrogen and oxygen atoms in total. The van der Waals surface area contributed by atoms with Crippen LogP contribution in [0.2, 0.25) is 5.02 Å². The molecule has 128 valence electrons. The third kappa shape index (κ3) is 3.93. The van der Waals surface area contributed by atoms with Crippen LogP contribution in [0.5, 0.6) is 5.75 Å². The normalized spacial score (nSPS) is 11.5. The van der Waals surface area contributed by atoms with Crippen molar-refractivity contribution in [2.75, 3.05) is 14.2 Å². The van der Waals surface area contributed by atoms with Crippen LogP contribution in [0.15, 0.2) is 47.4 Å². The highest BCUT2D eigenvalue weighted by Crippen LogP contribution is 2.23. The zero-order valence-corrected chi connectivity index (χ0v) is 14.9. The second-order valence-corrected chi connectivity index (χ2v) is 7.30. The Balaban J connectivity index is 2.30. The monoisotopic (exact) mass is 369 g/mol. The van der Waals surface area contributed by atoms with Crippen molar-refractivity contribution in [1.29, 1.82) is 0 Å². The molecule has 0 amide bonds. The second-order valence-electron chi connectivity index (χ2n) is 4.92. The molecule has 8 heteroatoms. The van der Waals surface area contributed by atoms with E-state index in [0.717, 1.165) is 0 Å². The maximum Gasteiger partial charge on any atom is 0.343 e. The van der Waals surface area contributed by atoms with Crippen molar-refractivity contribution in [1.82, 2.24) is 4.47 Å². The van der Waals surface area contributed by atoms with E-state index >= 15 is 0 Å². The van der Waals surface area contributed by atoms with Gasteiger partial charge in [0.25, 0.3) is 10.0 Å². The van der Waals surface area contributed by atoms with Crippen LogP contribution in [0.3, 0.4) is 0 Å². The number of nitrogens with zero attached hydrogens (tertiary/aromatic N) is 1. The van der Waals surface area contributed by atoms with Crippen LogP contribution in [0.1, 0.15) is 15.9 Å². The lowest BCUT2D eigenvalue weighted by Gasteiger charge is -2.14. The predicted molar refractivity (Wildman–Crippen MR) is 89.5 cm³/mol. The van der Waals surface area contributed by atoms with Crippen molar-refractivity contribution >= 4 is 27.6 Å². The van der Waals surface area contributed by atoms with E-state index in [-0.39, 0.29) is 10.5 Å². The zero-order valence-electron chi connectivity index (χ0n) is 13.3. The number of ether oxygens (including phenoxy) is 1. The highest BCUT2D eigenvalue weighted by Gasteiger charge is 2.22. The second kappa shape index (κ2) is 7.31. The van der Waals surface area contributed by atoms with E-state index < -0.39 is 16.0 Å². The van der Waals surface area contributed by atoms with Gasteiger partial charge in [-0.3, -0.25) is 4.84 Å². The molecule has 0 unspecified atom stereocenters. The van der Waals surface area contributed by atoms with E-state index in [1.807, 2.05) is 0 Å². The molecule has 0 heterocycles. The van der Waals surface area contributed by atoms with Gasteiger partial charge in [-0.15, -0.1) is 0 Å². The number of carbonyl (C=O) groups excluding carboxylic acids is 1. The van der Waals surface area contributed by atoms with Gasteiger partial charge in [-0.25, -0.2) is 13.2 Å². The maximum atomic E-state index is 12.3. The van der Waals surface area contributed by atoms with Crippen molar-refractivity contribution in [3.05, 3.63) is 58.6 Å². The molecule has 0 spiro atoms. The van der Waals surface area contributed by atoms with Crippen molar-refractivity contribution in [3.8, 4) is 5.75 Å². The number of sulfonamides is 1. The first-order valence-electron chi connectivity index (χ1n) is 6.87. The van der Waals surface area contributed by atoms with Crippen LogP contribution in [-0.4, -0.2) is 33.0 Å². The average Bonchev–Trinajstić information content (AvgIpc) is 2.56. The van der Waals surface area contributed by atoms with E-state index in [9.17, 15) is 13.2 Å². The van der Waals surface area contributed by atoms with Crippen LogP contribution < -0.4 is 4.74 Å². The van der Waals surface area contributed by atoms with E-state index in [2.05, 4.69) is 0 Å². The highest BCUT2D eigenvalue weighted by atomic mass is 35.5. The number of esters is 1. The van der Waals surface area contributed by atoms with Crippen molar-refractivity contribution < 1.29 is 22.8 Å². The molecule has 0 radical (unpaired) electrons. The van der Waals surface area contributed by atoms with Crippen LogP contribution in [0.25, 0.3) is 0 Å². The first-order valence-corrected chi connectivity index (χ1v) is 8.69. The fourth-order valence-electron chi connectivity index (χ4n) is 1.92. The molecule has 0 fully saturated rings. The molecule has 0 atom stereocenters. The molecule has 2 aromatic carbocycles. The lowest BCUT2D eigenvalue weighted by molar-refractivity contribution is -0.0258. The minimum atomic E-state index is -3.85. The molecular weight excluding hydrogens is 354 g/mol. The number of hydroxylamine groups is 1. The lowest BCUT2D eigenvalue weighted by atomic mass is 10.2. The summed E-state index contributed by atoms with van der Waals surface area (Å²) in [5.74, 6) is -0.316. The topological polar surface area (TPSA) is 72.9 Å². The lowest BCUT2D eigenvalue weighted by Crippen LogP contribution is -2.26. The number of rotatable bonds is 5. The molecule has 0 aliphatic carbocycles. The van der Waals surface area contributed by atoms with Crippen LogP contribution >= 0.6 is 11.6 Å². The van der Waals surface area contributed by atoms with Gasteiger partial charge in [-0.1, -0.05) is 22.1 Å². The van der Waals surface area contributed by atoms with Gasteiger partial charge in [-0.2, -0.15) is 0 Å². The first kappa shape index (κ1) is 18.4. The summed E-state index contributed by atoms with van der Waals surface area (Å²) in [5, 5.41) is 0.531. The Bertz CT molecular complexity index is 867. The Kier molecular flexibility index (Phi) is 5.61. The number of hydrogen-bond acceptors (Lipinski definition) is 5.